The molecule has 0 aliphatic heterocycles. The molecule has 0 aromatic heterocycles. The van der Waals surface area contributed by atoms with Gasteiger partial charge in [-0.2, -0.15) is 0 Å². The van der Waals surface area contributed by atoms with Crippen LogP contribution in [0.15, 0.2) is 24.3 Å². The summed E-state index contributed by atoms with van der Waals surface area (Å²) in [6, 6.07) is 5.92. The van der Waals surface area contributed by atoms with Gasteiger partial charge in [-0.25, -0.2) is 0 Å². The summed E-state index contributed by atoms with van der Waals surface area (Å²) in [5, 5.41) is 20.0. The third kappa shape index (κ3) is 3.60. The Kier molecular flexibility index (Phi) is 6.05. The Hall–Kier alpha value is -3.42. The van der Waals surface area contributed by atoms with Gasteiger partial charge in [0.15, 0.2) is 28.8 Å². The second-order valence-corrected chi connectivity index (χ2v) is 6.85. The minimum Gasteiger partial charge on any atom is -0.504 e. The molecule has 2 atom stereocenters. The Bertz CT molecular complexity index is 956. The number of ketones is 1. The third-order valence-electron chi connectivity index (χ3n) is 5.23. The van der Waals surface area contributed by atoms with Gasteiger partial charge in [-0.05, 0) is 42.3 Å². The number of aromatic hydroxyl groups is 2. The average molecular weight is 416 g/mol. The molecule has 30 heavy (non-hydrogen) atoms. The fourth-order valence-corrected chi connectivity index (χ4v) is 3.90. The van der Waals surface area contributed by atoms with E-state index in [-0.39, 0.29) is 30.1 Å². The smallest absolute Gasteiger partial charge is 0.310 e. The van der Waals surface area contributed by atoms with Crippen LogP contribution in [0.25, 0.3) is 0 Å². The summed E-state index contributed by atoms with van der Waals surface area (Å²) in [4.78, 5) is 25.5. The van der Waals surface area contributed by atoms with Gasteiger partial charge in [-0.1, -0.05) is 0 Å². The van der Waals surface area contributed by atoms with E-state index in [9.17, 15) is 19.8 Å². The average Bonchev–Trinajstić information content (AvgIpc) is 2.74. The highest BCUT2D eigenvalue weighted by molar-refractivity contribution is 6.02. The number of ether oxygens (including phenoxy) is 4. The number of methoxy groups -OCH3 is 3. The molecule has 3 rings (SSSR count). The largest absolute Gasteiger partial charge is 0.504 e. The highest BCUT2D eigenvalue weighted by atomic mass is 16.5. The van der Waals surface area contributed by atoms with Crippen LogP contribution < -0.4 is 14.2 Å². The number of carbonyl (C=O) groups excluding carboxylic acids is 2. The van der Waals surface area contributed by atoms with Crippen LogP contribution in [-0.4, -0.2) is 49.9 Å². The second kappa shape index (κ2) is 8.52. The molecule has 2 aromatic carbocycles. The van der Waals surface area contributed by atoms with E-state index < -0.39 is 23.6 Å². The molecule has 8 heteroatoms. The molecule has 2 N–H and O–H groups in total. The number of benzene rings is 2. The summed E-state index contributed by atoms with van der Waals surface area (Å²) < 4.78 is 21.4. The Morgan fingerprint density at radius 3 is 2.13 bits per heavy atom. The Labute approximate surface area is 173 Å². The maximum absolute atomic E-state index is 12.7. The first-order chi connectivity index (χ1) is 14.4. The summed E-state index contributed by atoms with van der Waals surface area (Å²) >= 11 is 0. The number of rotatable bonds is 6. The van der Waals surface area contributed by atoms with E-state index in [2.05, 4.69) is 0 Å². The molecule has 0 unspecified atom stereocenters. The lowest BCUT2D eigenvalue weighted by atomic mass is 9.71. The van der Waals surface area contributed by atoms with E-state index in [1.54, 1.807) is 19.1 Å². The van der Waals surface area contributed by atoms with Crippen molar-refractivity contribution in [2.75, 3.05) is 27.9 Å². The van der Waals surface area contributed by atoms with E-state index in [1.807, 2.05) is 0 Å². The normalized spacial score (nSPS) is 17.8. The molecule has 0 fully saturated rings. The topological polar surface area (TPSA) is 112 Å². The Balaban J connectivity index is 2.27. The van der Waals surface area contributed by atoms with Crippen molar-refractivity contribution in [2.24, 2.45) is 5.92 Å². The van der Waals surface area contributed by atoms with Crippen molar-refractivity contribution >= 4 is 11.8 Å². The first-order valence-electron chi connectivity index (χ1n) is 9.41. The lowest BCUT2D eigenvalue weighted by Gasteiger charge is -2.32. The second-order valence-electron chi connectivity index (χ2n) is 6.85. The van der Waals surface area contributed by atoms with Gasteiger partial charge in [0.1, 0.15) is 0 Å². The van der Waals surface area contributed by atoms with E-state index in [1.165, 1.54) is 33.5 Å². The molecule has 0 amide bonds. The quantitative estimate of drug-likeness (QED) is 0.546. The molecule has 0 saturated heterocycles. The van der Waals surface area contributed by atoms with E-state index >= 15 is 0 Å². The van der Waals surface area contributed by atoms with Crippen molar-refractivity contribution in [3.05, 3.63) is 41.0 Å². The van der Waals surface area contributed by atoms with Gasteiger partial charge in [0.25, 0.3) is 0 Å². The van der Waals surface area contributed by atoms with Crippen molar-refractivity contribution in [2.45, 2.75) is 19.3 Å². The first-order valence-corrected chi connectivity index (χ1v) is 9.41. The molecule has 8 nitrogen and oxygen atoms in total. The fourth-order valence-electron chi connectivity index (χ4n) is 3.90. The van der Waals surface area contributed by atoms with Crippen molar-refractivity contribution < 1.29 is 38.7 Å². The van der Waals surface area contributed by atoms with Crippen LogP contribution in [0.1, 0.15) is 40.7 Å². The highest BCUT2D eigenvalue weighted by Crippen LogP contribution is 2.48. The van der Waals surface area contributed by atoms with Crippen molar-refractivity contribution in [3.8, 4) is 28.7 Å². The summed E-state index contributed by atoms with van der Waals surface area (Å²) in [7, 11) is 4.44. The fraction of sp³-hybridized carbons (Fsp3) is 0.364. The van der Waals surface area contributed by atoms with Crippen LogP contribution in [0.3, 0.4) is 0 Å². The number of carbonyl (C=O) groups is 2. The SMILES string of the molecule is CCOC(=O)[C@@H]1CC(=O)c2cc(O)c(O)cc2[C@H]1c1cc(OC)c(OC)c(OC)c1. The molecule has 0 heterocycles. The van der Waals surface area contributed by atoms with Crippen molar-refractivity contribution in [1.82, 2.24) is 0 Å². The van der Waals surface area contributed by atoms with E-state index in [4.69, 9.17) is 18.9 Å². The first kappa shape index (κ1) is 21.3. The van der Waals surface area contributed by atoms with Crippen molar-refractivity contribution in [3.63, 3.8) is 0 Å². The lowest BCUT2D eigenvalue weighted by Crippen LogP contribution is -2.33. The molecule has 1 aliphatic rings. The van der Waals surface area contributed by atoms with Crippen LogP contribution in [0.5, 0.6) is 28.7 Å². The predicted octanol–water partition coefficient (Wildman–Crippen LogP) is 3.02. The zero-order valence-corrected chi connectivity index (χ0v) is 17.2. The number of phenols is 2. The molecule has 2 aromatic rings. The van der Waals surface area contributed by atoms with Crippen LogP contribution in [0, 0.1) is 5.92 Å². The maximum Gasteiger partial charge on any atom is 0.310 e. The van der Waals surface area contributed by atoms with Gasteiger partial charge in [-0.15, -0.1) is 0 Å². The number of hydrogen-bond acceptors (Lipinski definition) is 8. The summed E-state index contributed by atoms with van der Waals surface area (Å²) in [6.45, 7) is 1.86. The molecule has 0 spiro atoms. The summed E-state index contributed by atoms with van der Waals surface area (Å²) in [5.74, 6) is -1.94. The molecule has 0 saturated carbocycles. The van der Waals surface area contributed by atoms with Gasteiger partial charge in [-0.3, -0.25) is 9.59 Å². The van der Waals surface area contributed by atoms with Crippen LogP contribution in [-0.2, 0) is 9.53 Å². The highest BCUT2D eigenvalue weighted by Gasteiger charge is 2.41. The predicted molar refractivity (Wildman–Crippen MR) is 107 cm³/mol. The van der Waals surface area contributed by atoms with Crippen LogP contribution >= 0.6 is 0 Å². The molecule has 0 bridgehead atoms. The Morgan fingerprint density at radius 1 is 1.00 bits per heavy atom. The minimum atomic E-state index is -0.822. The zero-order chi connectivity index (χ0) is 22.0. The Morgan fingerprint density at radius 2 is 1.60 bits per heavy atom. The maximum atomic E-state index is 12.7. The molecular weight excluding hydrogens is 392 g/mol. The van der Waals surface area contributed by atoms with Gasteiger partial charge in [0, 0.05) is 17.9 Å². The molecule has 0 radical (unpaired) electrons. The van der Waals surface area contributed by atoms with Gasteiger partial charge in [0.05, 0.1) is 33.9 Å². The van der Waals surface area contributed by atoms with Gasteiger partial charge in [0.2, 0.25) is 5.75 Å². The number of fused-ring (bicyclic) bond motifs is 1. The monoisotopic (exact) mass is 416 g/mol. The van der Waals surface area contributed by atoms with Gasteiger partial charge >= 0.3 is 5.97 Å². The van der Waals surface area contributed by atoms with E-state index in [0.717, 1.165) is 0 Å². The van der Waals surface area contributed by atoms with Crippen molar-refractivity contribution in [1.29, 1.82) is 0 Å². The molecular formula is C22H24O8. The lowest BCUT2D eigenvalue weighted by molar-refractivity contribution is -0.148. The van der Waals surface area contributed by atoms with E-state index in [0.29, 0.717) is 28.4 Å². The summed E-state index contributed by atoms with van der Waals surface area (Å²) in [5.41, 5.74) is 1.26. The number of phenolic OH excluding ortho intramolecular Hbond substituents is 2. The standard InChI is InChI=1S/C22H24O8/c1-5-30-22(26)14-10-15(23)12-8-16(24)17(25)9-13(12)20(14)11-6-18(27-2)21(29-4)19(7-11)28-3/h6-9,14,20,24-25H,5,10H2,1-4H3/t14-,20-/m1/s1. The summed E-state index contributed by atoms with van der Waals surface area (Å²) in [6.07, 6.45) is -0.0998. The minimum absolute atomic E-state index is 0.0998. The zero-order valence-electron chi connectivity index (χ0n) is 17.2. The van der Waals surface area contributed by atoms with Crippen LogP contribution in [0.2, 0.25) is 0 Å². The molecule has 1 aliphatic carbocycles. The number of hydrogen-bond donors (Lipinski definition) is 2. The number of Topliss-reactive ketones (excluding diaryl/α,β-unsaturated/α-hetero) is 1. The van der Waals surface area contributed by atoms with Gasteiger partial charge < -0.3 is 29.2 Å². The van der Waals surface area contributed by atoms with Crippen LogP contribution in [0.4, 0.5) is 0 Å². The number of esters is 1. The third-order valence-corrected chi connectivity index (χ3v) is 5.23. The molecule has 160 valence electrons.